The molecule has 0 radical (unpaired) electrons. The lowest BCUT2D eigenvalue weighted by molar-refractivity contribution is 0.461. The molecule has 0 saturated heterocycles. The average Bonchev–Trinajstić information content (AvgIpc) is 2.46. The number of aryl methyl sites for hydroxylation is 3. The zero-order valence-corrected chi connectivity index (χ0v) is 13.5. The molecule has 0 spiro atoms. The third kappa shape index (κ3) is 3.22. The SMILES string of the molecule is CC.Cc1ccccc1C(C)c1c(C)ccc(C)c1O. The summed E-state index contributed by atoms with van der Waals surface area (Å²) in [6, 6.07) is 12.4. The van der Waals surface area contributed by atoms with E-state index in [1.54, 1.807) is 0 Å². The summed E-state index contributed by atoms with van der Waals surface area (Å²) in [4.78, 5) is 0. The monoisotopic (exact) mass is 270 g/mol. The van der Waals surface area contributed by atoms with Gasteiger partial charge in [-0.2, -0.15) is 0 Å². The Labute approximate surface area is 123 Å². The van der Waals surface area contributed by atoms with E-state index in [1.807, 2.05) is 26.8 Å². The van der Waals surface area contributed by atoms with Crippen LogP contribution in [0.1, 0.15) is 54.5 Å². The summed E-state index contributed by atoms with van der Waals surface area (Å²) in [5.74, 6) is 0.650. The molecular formula is C19H26O. The fourth-order valence-electron chi connectivity index (χ4n) is 2.59. The fraction of sp³-hybridized carbons (Fsp3) is 0.368. The van der Waals surface area contributed by atoms with Gasteiger partial charge in [0.15, 0.2) is 0 Å². The molecule has 0 aromatic heterocycles. The van der Waals surface area contributed by atoms with Crippen molar-refractivity contribution in [2.75, 3.05) is 0 Å². The molecule has 1 nitrogen and oxygen atoms in total. The van der Waals surface area contributed by atoms with Gasteiger partial charge < -0.3 is 5.11 Å². The van der Waals surface area contributed by atoms with Crippen LogP contribution in [0.2, 0.25) is 0 Å². The molecule has 108 valence electrons. The van der Waals surface area contributed by atoms with E-state index in [-0.39, 0.29) is 5.92 Å². The summed E-state index contributed by atoms with van der Waals surface area (Å²) in [6.45, 7) is 12.3. The highest BCUT2D eigenvalue weighted by Crippen LogP contribution is 2.36. The van der Waals surface area contributed by atoms with Crippen LogP contribution in [-0.2, 0) is 0 Å². The van der Waals surface area contributed by atoms with Gasteiger partial charge in [-0.3, -0.25) is 0 Å². The van der Waals surface area contributed by atoms with Crippen molar-refractivity contribution in [3.8, 4) is 5.75 Å². The van der Waals surface area contributed by atoms with E-state index in [9.17, 15) is 5.11 Å². The maximum atomic E-state index is 10.3. The molecule has 1 atom stereocenters. The quantitative estimate of drug-likeness (QED) is 0.764. The van der Waals surface area contributed by atoms with Crippen molar-refractivity contribution in [3.05, 3.63) is 64.2 Å². The van der Waals surface area contributed by atoms with E-state index in [1.165, 1.54) is 11.1 Å². The van der Waals surface area contributed by atoms with Gasteiger partial charge in [-0.25, -0.2) is 0 Å². The van der Waals surface area contributed by atoms with Crippen LogP contribution in [0.25, 0.3) is 0 Å². The molecule has 0 saturated carbocycles. The number of rotatable bonds is 2. The van der Waals surface area contributed by atoms with Gasteiger partial charge in [-0.1, -0.05) is 57.2 Å². The molecule has 0 fully saturated rings. The van der Waals surface area contributed by atoms with E-state index in [4.69, 9.17) is 0 Å². The predicted molar refractivity (Wildman–Crippen MR) is 87.6 cm³/mol. The molecule has 2 aromatic rings. The van der Waals surface area contributed by atoms with Crippen LogP contribution in [0.15, 0.2) is 36.4 Å². The molecule has 0 bridgehead atoms. The Kier molecular flexibility index (Phi) is 5.82. The Morgan fingerprint density at radius 2 is 1.35 bits per heavy atom. The second-order valence-corrected chi connectivity index (χ2v) is 5.04. The lowest BCUT2D eigenvalue weighted by Gasteiger charge is -2.19. The maximum absolute atomic E-state index is 10.3. The van der Waals surface area contributed by atoms with Gasteiger partial charge in [-0.05, 0) is 43.0 Å². The normalized spacial score (nSPS) is 11.5. The van der Waals surface area contributed by atoms with Crippen LogP contribution in [0.4, 0.5) is 0 Å². The van der Waals surface area contributed by atoms with Crippen LogP contribution in [0, 0.1) is 20.8 Å². The number of aromatic hydroxyl groups is 1. The van der Waals surface area contributed by atoms with Crippen molar-refractivity contribution in [1.29, 1.82) is 0 Å². The minimum Gasteiger partial charge on any atom is -0.507 e. The predicted octanol–water partition coefficient (Wildman–Crippen LogP) is 5.50. The number of phenols is 1. The Morgan fingerprint density at radius 3 is 1.95 bits per heavy atom. The highest BCUT2D eigenvalue weighted by molar-refractivity contribution is 5.50. The molecule has 1 unspecified atom stereocenters. The average molecular weight is 270 g/mol. The molecule has 2 rings (SSSR count). The summed E-state index contributed by atoms with van der Waals surface area (Å²) >= 11 is 0. The molecule has 0 heterocycles. The first-order valence-electron chi connectivity index (χ1n) is 7.37. The number of benzene rings is 2. The fourth-order valence-corrected chi connectivity index (χ4v) is 2.59. The van der Waals surface area contributed by atoms with Crippen LogP contribution in [-0.4, -0.2) is 5.11 Å². The Hall–Kier alpha value is -1.76. The van der Waals surface area contributed by atoms with Gasteiger partial charge in [0.2, 0.25) is 0 Å². The molecule has 0 amide bonds. The molecule has 2 aromatic carbocycles. The van der Waals surface area contributed by atoms with Crippen LogP contribution in [0.5, 0.6) is 5.75 Å². The van der Waals surface area contributed by atoms with Gasteiger partial charge >= 0.3 is 0 Å². The molecule has 1 N–H and O–H groups in total. The van der Waals surface area contributed by atoms with Gasteiger partial charge in [0.1, 0.15) is 5.75 Å². The molecule has 0 aliphatic carbocycles. The zero-order chi connectivity index (χ0) is 15.3. The highest BCUT2D eigenvalue weighted by Gasteiger charge is 2.17. The molecule has 1 heteroatoms. The van der Waals surface area contributed by atoms with E-state index in [2.05, 4.69) is 51.1 Å². The lowest BCUT2D eigenvalue weighted by atomic mass is 9.86. The molecule has 0 aliphatic heterocycles. The number of hydrogen-bond donors (Lipinski definition) is 1. The summed E-state index contributed by atoms with van der Waals surface area (Å²) in [5, 5.41) is 10.3. The molecule has 20 heavy (non-hydrogen) atoms. The first-order chi connectivity index (χ1) is 9.52. The van der Waals surface area contributed by atoms with Crippen LogP contribution >= 0.6 is 0 Å². The smallest absolute Gasteiger partial charge is 0.122 e. The van der Waals surface area contributed by atoms with Gasteiger partial charge in [0.05, 0.1) is 0 Å². The number of hydrogen-bond acceptors (Lipinski definition) is 1. The van der Waals surface area contributed by atoms with Crippen molar-refractivity contribution >= 4 is 0 Å². The molecule has 0 aliphatic rings. The third-order valence-electron chi connectivity index (χ3n) is 3.72. The van der Waals surface area contributed by atoms with Crippen LogP contribution < -0.4 is 0 Å². The lowest BCUT2D eigenvalue weighted by Crippen LogP contribution is -2.02. The second-order valence-electron chi connectivity index (χ2n) is 5.04. The highest BCUT2D eigenvalue weighted by atomic mass is 16.3. The van der Waals surface area contributed by atoms with Gasteiger partial charge in [-0.15, -0.1) is 0 Å². The van der Waals surface area contributed by atoms with E-state index in [0.717, 1.165) is 16.7 Å². The second kappa shape index (κ2) is 7.14. The summed E-state index contributed by atoms with van der Waals surface area (Å²) in [6.07, 6.45) is 0. The van der Waals surface area contributed by atoms with Crippen molar-refractivity contribution in [2.45, 2.75) is 47.5 Å². The number of phenolic OH excluding ortho intramolecular Hbond substituents is 1. The topological polar surface area (TPSA) is 20.2 Å². The summed E-state index contributed by atoms with van der Waals surface area (Å²) in [5.41, 5.74) is 5.68. The minimum atomic E-state index is 0.214. The zero-order valence-electron chi connectivity index (χ0n) is 13.5. The van der Waals surface area contributed by atoms with Gasteiger partial charge in [0, 0.05) is 11.5 Å². The van der Waals surface area contributed by atoms with Crippen molar-refractivity contribution in [1.82, 2.24) is 0 Å². The first-order valence-corrected chi connectivity index (χ1v) is 7.37. The van der Waals surface area contributed by atoms with E-state index in [0.29, 0.717) is 5.75 Å². The van der Waals surface area contributed by atoms with Crippen molar-refractivity contribution in [3.63, 3.8) is 0 Å². The standard InChI is InChI=1S/C17H20O.C2H6/c1-11-7-5-6-8-15(11)14(4)16-12(2)9-10-13(3)17(16)18;1-2/h5-10,14,18H,1-4H3;1-2H3. The van der Waals surface area contributed by atoms with Gasteiger partial charge in [0.25, 0.3) is 0 Å². The Morgan fingerprint density at radius 1 is 0.800 bits per heavy atom. The Balaban J connectivity index is 0.000000956. The van der Waals surface area contributed by atoms with Crippen molar-refractivity contribution < 1.29 is 5.11 Å². The summed E-state index contributed by atoms with van der Waals surface area (Å²) in [7, 11) is 0. The minimum absolute atomic E-state index is 0.214. The largest absolute Gasteiger partial charge is 0.507 e. The third-order valence-corrected chi connectivity index (χ3v) is 3.72. The maximum Gasteiger partial charge on any atom is 0.122 e. The first kappa shape index (κ1) is 16.3. The van der Waals surface area contributed by atoms with E-state index < -0.39 is 0 Å². The van der Waals surface area contributed by atoms with E-state index >= 15 is 0 Å². The van der Waals surface area contributed by atoms with Crippen molar-refractivity contribution in [2.24, 2.45) is 0 Å². The summed E-state index contributed by atoms with van der Waals surface area (Å²) < 4.78 is 0. The van der Waals surface area contributed by atoms with Crippen LogP contribution in [0.3, 0.4) is 0 Å². The Bertz CT molecular complexity index is 570. The molecular weight excluding hydrogens is 244 g/mol.